The number of hydrogen-bond donors (Lipinski definition) is 1. The number of ketones is 1. The summed E-state index contributed by atoms with van der Waals surface area (Å²) in [5.41, 5.74) is -0.193. The first-order chi connectivity index (χ1) is 8.29. The number of Topliss-reactive ketones (excluding diaryl/α,β-unsaturated/α-hetero) is 1. The third-order valence-electron chi connectivity index (χ3n) is 2.18. The number of rotatable bonds is 4. The standard InChI is InChI=1S/C12H12F3NO2/c1-8(17)6-11(18)16-7-9-2-4-10(5-3-9)12(13,14)15/h2-5H,6-7H2,1H3,(H,16,18). The first-order valence-corrected chi connectivity index (χ1v) is 5.21. The Kier molecular flexibility index (Phi) is 4.47. The number of benzene rings is 1. The summed E-state index contributed by atoms with van der Waals surface area (Å²) in [4.78, 5) is 21.8. The van der Waals surface area contributed by atoms with Crippen LogP contribution in [-0.4, -0.2) is 11.7 Å². The van der Waals surface area contributed by atoms with E-state index in [4.69, 9.17) is 0 Å². The average molecular weight is 259 g/mol. The fourth-order valence-electron chi connectivity index (χ4n) is 1.30. The van der Waals surface area contributed by atoms with Gasteiger partial charge in [0.2, 0.25) is 5.91 Å². The van der Waals surface area contributed by atoms with Crippen LogP contribution < -0.4 is 5.32 Å². The molecule has 98 valence electrons. The molecule has 0 aromatic heterocycles. The summed E-state index contributed by atoms with van der Waals surface area (Å²) < 4.78 is 36.8. The Hall–Kier alpha value is -1.85. The summed E-state index contributed by atoms with van der Waals surface area (Å²) in [6, 6.07) is 4.48. The first kappa shape index (κ1) is 14.2. The van der Waals surface area contributed by atoms with E-state index in [-0.39, 0.29) is 18.7 Å². The molecule has 1 N–H and O–H groups in total. The molecule has 0 aliphatic heterocycles. The van der Waals surface area contributed by atoms with Gasteiger partial charge in [0.15, 0.2) is 0 Å². The molecule has 1 amide bonds. The molecule has 0 heterocycles. The van der Waals surface area contributed by atoms with Crippen molar-refractivity contribution in [2.24, 2.45) is 0 Å². The molecule has 18 heavy (non-hydrogen) atoms. The average Bonchev–Trinajstić information content (AvgIpc) is 2.25. The Morgan fingerprint density at radius 1 is 1.17 bits per heavy atom. The van der Waals surface area contributed by atoms with E-state index in [2.05, 4.69) is 5.32 Å². The van der Waals surface area contributed by atoms with Crippen LogP contribution in [0.2, 0.25) is 0 Å². The van der Waals surface area contributed by atoms with Gasteiger partial charge in [0.1, 0.15) is 5.78 Å². The molecule has 1 rings (SSSR count). The molecule has 3 nitrogen and oxygen atoms in total. The number of nitrogens with one attached hydrogen (secondary N) is 1. The lowest BCUT2D eigenvalue weighted by molar-refractivity contribution is -0.137. The zero-order valence-electron chi connectivity index (χ0n) is 9.67. The number of alkyl halides is 3. The van der Waals surface area contributed by atoms with E-state index >= 15 is 0 Å². The Morgan fingerprint density at radius 2 is 1.72 bits per heavy atom. The Balaban J connectivity index is 2.54. The summed E-state index contributed by atoms with van der Waals surface area (Å²) in [7, 11) is 0. The van der Waals surface area contributed by atoms with Crippen LogP contribution in [0, 0.1) is 0 Å². The highest BCUT2D eigenvalue weighted by atomic mass is 19.4. The Morgan fingerprint density at radius 3 is 2.17 bits per heavy atom. The Bertz CT molecular complexity index is 438. The van der Waals surface area contributed by atoms with Gasteiger partial charge in [-0.2, -0.15) is 13.2 Å². The summed E-state index contributed by atoms with van der Waals surface area (Å²) in [5, 5.41) is 2.45. The van der Waals surface area contributed by atoms with Crippen molar-refractivity contribution < 1.29 is 22.8 Å². The van der Waals surface area contributed by atoms with Crippen LogP contribution >= 0.6 is 0 Å². The molecule has 0 spiro atoms. The van der Waals surface area contributed by atoms with Crippen LogP contribution in [0.5, 0.6) is 0 Å². The van der Waals surface area contributed by atoms with Crippen LogP contribution in [0.4, 0.5) is 13.2 Å². The summed E-state index contributed by atoms with van der Waals surface area (Å²) in [6.07, 6.45) is -4.59. The molecule has 1 aromatic rings. The SMILES string of the molecule is CC(=O)CC(=O)NCc1ccc(C(F)(F)F)cc1. The molecule has 6 heteroatoms. The molecule has 0 aliphatic carbocycles. The molecule has 0 radical (unpaired) electrons. The molecule has 0 bridgehead atoms. The summed E-state index contributed by atoms with van der Waals surface area (Å²) in [5.74, 6) is -0.706. The molecule has 0 atom stereocenters. The lowest BCUT2D eigenvalue weighted by Gasteiger charge is -2.08. The van der Waals surface area contributed by atoms with Gasteiger partial charge in [0, 0.05) is 6.54 Å². The maximum absolute atomic E-state index is 12.3. The number of halogens is 3. The number of hydrogen-bond acceptors (Lipinski definition) is 2. The fourth-order valence-corrected chi connectivity index (χ4v) is 1.30. The number of amides is 1. The van der Waals surface area contributed by atoms with Crippen LogP contribution in [0.3, 0.4) is 0 Å². The lowest BCUT2D eigenvalue weighted by Crippen LogP contribution is -2.24. The lowest BCUT2D eigenvalue weighted by atomic mass is 10.1. The van der Waals surface area contributed by atoms with Crippen LogP contribution in [0.1, 0.15) is 24.5 Å². The van der Waals surface area contributed by atoms with Crippen molar-refractivity contribution in [2.75, 3.05) is 0 Å². The van der Waals surface area contributed by atoms with E-state index in [0.717, 1.165) is 12.1 Å². The molecular weight excluding hydrogens is 247 g/mol. The van der Waals surface area contributed by atoms with E-state index in [1.807, 2.05) is 0 Å². The van der Waals surface area contributed by atoms with Crippen molar-refractivity contribution in [1.82, 2.24) is 5.32 Å². The van der Waals surface area contributed by atoms with E-state index in [1.54, 1.807) is 0 Å². The van der Waals surface area contributed by atoms with Crippen LogP contribution in [0.15, 0.2) is 24.3 Å². The summed E-state index contributed by atoms with van der Waals surface area (Å²) in [6.45, 7) is 1.39. The predicted octanol–water partition coefficient (Wildman–Crippen LogP) is 2.30. The van der Waals surface area contributed by atoms with Crippen LogP contribution in [-0.2, 0) is 22.3 Å². The van der Waals surface area contributed by atoms with Gasteiger partial charge in [-0.05, 0) is 24.6 Å². The van der Waals surface area contributed by atoms with Crippen molar-refractivity contribution in [3.63, 3.8) is 0 Å². The zero-order valence-corrected chi connectivity index (χ0v) is 9.67. The number of carbonyl (C=O) groups is 2. The minimum atomic E-state index is -4.36. The molecule has 0 aliphatic rings. The van der Waals surface area contributed by atoms with Crippen molar-refractivity contribution in [3.05, 3.63) is 35.4 Å². The van der Waals surface area contributed by atoms with E-state index < -0.39 is 17.6 Å². The Labute approximate surface area is 102 Å². The van der Waals surface area contributed by atoms with E-state index in [0.29, 0.717) is 5.56 Å². The molecular formula is C12H12F3NO2. The van der Waals surface area contributed by atoms with E-state index in [9.17, 15) is 22.8 Å². The normalized spacial score (nSPS) is 11.1. The maximum Gasteiger partial charge on any atom is 0.416 e. The summed E-state index contributed by atoms with van der Waals surface area (Å²) >= 11 is 0. The van der Waals surface area contributed by atoms with Gasteiger partial charge in [-0.1, -0.05) is 12.1 Å². The van der Waals surface area contributed by atoms with Gasteiger partial charge < -0.3 is 5.32 Å². The van der Waals surface area contributed by atoms with Crippen molar-refractivity contribution in [2.45, 2.75) is 26.1 Å². The van der Waals surface area contributed by atoms with Gasteiger partial charge in [0.05, 0.1) is 12.0 Å². The third kappa shape index (κ3) is 4.57. The quantitative estimate of drug-likeness (QED) is 0.843. The van der Waals surface area contributed by atoms with Crippen LogP contribution in [0.25, 0.3) is 0 Å². The minimum absolute atomic E-state index is 0.101. The first-order valence-electron chi connectivity index (χ1n) is 5.21. The molecule has 0 saturated carbocycles. The highest BCUT2D eigenvalue weighted by Gasteiger charge is 2.29. The molecule has 1 aromatic carbocycles. The second-order valence-corrected chi connectivity index (χ2v) is 3.85. The third-order valence-corrected chi connectivity index (χ3v) is 2.18. The van der Waals surface area contributed by atoms with Gasteiger partial charge in [-0.25, -0.2) is 0 Å². The van der Waals surface area contributed by atoms with Gasteiger partial charge in [-0.15, -0.1) is 0 Å². The molecule has 0 fully saturated rings. The minimum Gasteiger partial charge on any atom is -0.352 e. The number of carbonyl (C=O) groups excluding carboxylic acids is 2. The smallest absolute Gasteiger partial charge is 0.352 e. The highest BCUT2D eigenvalue weighted by Crippen LogP contribution is 2.28. The monoisotopic (exact) mass is 259 g/mol. The maximum atomic E-state index is 12.3. The van der Waals surface area contributed by atoms with Crippen molar-refractivity contribution >= 4 is 11.7 Å². The second kappa shape index (κ2) is 5.66. The van der Waals surface area contributed by atoms with Gasteiger partial charge >= 0.3 is 6.18 Å². The predicted molar refractivity (Wildman–Crippen MR) is 58.6 cm³/mol. The molecule has 0 saturated heterocycles. The second-order valence-electron chi connectivity index (χ2n) is 3.85. The fraction of sp³-hybridized carbons (Fsp3) is 0.333. The van der Waals surface area contributed by atoms with Gasteiger partial charge in [0.25, 0.3) is 0 Å². The topological polar surface area (TPSA) is 46.2 Å². The largest absolute Gasteiger partial charge is 0.416 e. The highest BCUT2D eigenvalue weighted by molar-refractivity contribution is 5.96. The molecule has 0 unspecified atom stereocenters. The van der Waals surface area contributed by atoms with Crippen molar-refractivity contribution in [1.29, 1.82) is 0 Å². The zero-order chi connectivity index (χ0) is 13.8. The van der Waals surface area contributed by atoms with E-state index in [1.165, 1.54) is 19.1 Å². The van der Waals surface area contributed by atoms with Gasteiger partial charge in [-0.3, -0.25) is 9.59 Å². The van der Waals surface area contributed by atoms with Crippen molar-refractivity contribution in [3.8, 4) is 0 Å².